The number of rotatable bonds is 5. The molecule has 0 radical (unpaired) electrons. The average Bonchev–Trinajstić information content (AvgIpc) is 2.64. The summed E-state index contributed by atoms with van der Waals surface area (Å²) >= 11 is 0. The molecule has 5 nitrogen and oxygen atoms in total. The minimum absolute atomic E-state index is 0.0895. The van der Waals surface area contributed by atoms with Crippen molar-refractivity contribution in [3.05, 3.63) is 48.5 Å². The molecule has 0 unspecified atom stereocenters. The molecule has 1 aliphatic rings. The molecule has 0 saturated carbocycles. The Bertz CT molecular complexity index is 699. The second kappa shape index (κ2) is 7.74. The van der Waals surface area contributed by atoms with Crippen LogP contribution in [0.1, 0.15) is 45.2 Å². The van der Waals surface area contributed by atoms with Crippen molar-refractivity contribution in [3.8, 4) is 11.1 Å². The van der Waals surface area contributed by atoms with E-state index in [1.165, 1.54) is 11.9 Å². The lowest BCUT2D eigenvalue weighted by atomic mass is 9.99. The molecule has 1 aromatic heterocycles. The summed E-state index contributed by atoms with van der Waals surface area (Å²) in [5.41, 5.74) is 3.27. The van der Waals surface area contributed by atoms with E-state index in [2.05, 4.69) is 60.3 Å². The Morgan fingerprint density at radius 2 is 1.76 bits per heavy atom. The molecule has 0 aliphatic carbocycles. The van der Waals surface area contributed by atoms with Crippen LogP contribution in [0.2, 0.25) is 0 Å². The highest BCUT2D eigenvalue weighted by Crippen LogP contribution is 2.22. The minimum Gasteiger partial charge on any atom is -0.339 e. The van der Waals surface area contributed by atoms with Gasteiger partial charge in [-0.15, -0.1) is 0 Å². The molecule has 2 atom stereocenters. The predicted octanol–water partition coefficient (Wildman–Crippen LogP) is 3.19. The Hall–Kier alpha value is -2.27. The van der Waals surface area contributed by atoms with Crippen LogP contribution in [-0.4, -0.2) is 39.4 Å². The summed E-state index contributed by atoms with van der Waals surface area (Å²) in [5, 5.41) is 3.51. The Kier molecular flexibility index (Phi) is 5.43. The molecule has 132 valence electrons. The quantitative estimate of drug-likeness (QED) is 0.909. The van der Waals surface area contributed by atoms with E-state index in [9.17, 15) is 4.79 Å². The molecule has 3 rings (SSSR count). The minimum atomic E-state index is -0.0895. The predicted molar refractivity (Wildman–Crippen MR) is 98.9 cm³/mol. The topological polar surface area (TPSA) is 58.1 Å². The van der Waals surface area contributed by atoms with E-state index in [0.29, 0.717) is 0 Å². The molecule has 0 bridgehead atoms. The summed E-state index contributed by atoms with van der Waals surface area (Å²) in [7, 11) is 0. The Balaban J connectivity index is 1.67. The van der Waals surface area contributed by atoms with Crippen LogP contribution in [-0.2, 0) is 4.79 Å². The number of hydrogen-bond donors (Lipinski definition) is 1. The molecule has 1 amide bonds. The maximum atomic E-state index is 12.6. The van der Waals surface area contributed by atoms with E-state index in [-0.39, 0.29) is 24.0 Å². The fourth-order valence-corrected chi connectivity index (χ4v) is 3.38. The molecule has 5 heteroatoms. The van der Waals surface area contributed by atoms with Gasteiger partial charge < -0.3 is 4.90 Å². The second-order valence-corrected chi connectivity index (χ2v) is 6.96. The zero-order valence-corrected chi connectivity index (χ0v) is 15.1. The zero-order valence-electron chi connectivity index (χ0n) is 15.1. The summed E-state index contributed by atoms with van der Waals surface area (Å²) in [6.07, 6.45) is 7.12. The second-order valence-electron chi connectivity index (χ2n) is 6.96. The van der Waals surface area contributed by atoms with E-state index in [4.69, 9.17) is 0 Å². The van der Waals surface area contributed by atoms with Gasteiger partial charge in [-0.1, -0.05) is 24.3 Å². The van der Waals surface area contributed by atoms with Gasteiger partial charge >= 0.3 is 0 Å². The van der Waals surface area contributed by atoms with Gasteiger partial charge in [0.15, 0.2) is 0 Å². The molecule has 1 aliphatic heterocycles. The number of hydrogen-bond acceptors (Lipinski definition) is 4. The van der Waals surface area contributed by atoms with Gasteiger partial charge in [0.25, 0.3) is 0 Å². The number of nitrogens with zero attached hydrogens (tertiary/aromatic N) is 3. The van der Waals surface area contributed by atoms with Crippen LogP contribution in [0.25, 0.3) is 11.1 Å². The molecule has 0 spiro atoms. The van der Waals surface area contributed by atoms with Crippen LogP contribution >= 0.6 is 0 Å². The van der Waals surface area contributed by atoms with Crippen LogP contribution < -0.4 is 5.32 Å². The Morgan fingerprint density at radius 1 is 1.08 bits per heavy atom. The van der Waals surface area contributed by atoms with Crippen molar-refractivity contribution < 1.29 is 4.79 Å². The zero-order chi connectivity index (χ0) is 17.8. The van der Waals surface area contributed by atoms with Crippen molar-refractivity contribution in [1.29, 1.82) is 0 Å². The number of carbonyl (C=O) groups is 1. The van der Waals surface area contributed by atoms with Crippen LogP contribution in [0.4, 0.5) is 0 Å². The maximum Gasteiger partial charge on any atom is 0.239 e. The third kappa shape index (κ3) is 4.04. The summed E-state index contributed by atoms with van der Waals surface area (Å²) < 4.78 is 0. The molecule has 2 heterocycles. The van der Waals surface area contributed by atoms with Crippen molar-refractivity contribution in [2.24, 2.45) is 0 Å². The first kappa shape index (κ1) is 17.5. The molecular weight excluding hydrogens is 312 g/mol. The largest absolute Gasteiger partial charge is 0.339 e. The van der Waals surface area contributed by atoms with E-state index in [1.54, 1.807) is 0 Å². The standard InChI is InChI=1S/C20H26N4O/c1-14(2)24-10-4-5-19(20(24)25)23-15(3)16-6-8-17(9-7-16)18-11-21-13-22-12-18/h6-9,11-15,19,23H,4-5,10H2,1-3H3/t15-,19+/m0/s1. The number of carbonyl (C=O) groups excluding carboxylic acids is 1. The van der Waals surface area contributed by atoms with Gasteiger partial charge in [-0.3, -0.25) is 10.1 Å². The lowest BCUT2D eigenvalue weighted by Gasteiger charge is -2.36. The Labute approximate surface area is 149 Å². The van der Waals surface area contributed by atoms with E-state index in [0.717, 1.165) is 30.5 Å². The smallest absolute Gasteiger partial charge is 0.239 e. The fourth-order valence-electron chi connectivity index (χ4n) is 3.38. The molecule has 1 aromatic carbocycles. The van der Waals surface area contributed by atoms with Gasteiger partial charge in [-0.05, 0) is 44.7 Å². The number of likely N-dealkylation sites (tertiary alicyclic amines) is 1. The highest BCUT2D eigenvalue weighted by atomic mass is 16.2. The van der Waals surface area contributed by atoms with Crippen LogP contribution in [0, 0.1) is 0 Å². The van der Waals surface area contributed by atoms with Gasteiger partial charge in [0, 0.05) is 36.6 Å². The van der Waals surface area contributed by atoms with Gasteiger partial charge in [0.2, 0.25) is 5.91 Å². The maximum absolute atomic E-state index is 12.6. The van der Waals surface area contributed by atoms with Crippen molar-refractivity contribution in [2.45, 2.75) is 51.7 Å². The summed E-state index contributed by atoms with van der Waals surface area (Å²) in [6, 6.07) is 8.67. The SMILES string of the molecule is CC(C)N1CCC[C@@H](N[C@@H](C)c2ccc(-c3cncnc3)cc2)C1=O. The van der Waals surface area contributed by atoms with Crippen LogP contribution in [0.15, 0.2) is 43.0 Å². The van der Waals surface area contributed by atoms with E-state index in [1.807, 2.05) is 17.3 Å². The first-order chi connectivity index (χ1) is 12.1. The van der Waals surface area contributed by atoms with Crippen molar-refractivity contribution in [1.82, 2.24) is 20.2 Å². The van der Waals surface area contributed by atoms with E-state index >= 15 is 0 Å². The van der Waals surface area contributed by atoms with Gasteiger partial charge in [0.05, 0.1) is 6.04 Å². The summed E-state index contributed by atoms with van der Waals surface area (Å²) in [6.45, 7) is 7.14. The lowest BCUT2D eigenvalue weighted by molar-refractivity contribution is -0.138. The number of piperidine rings is 1. The lowest BCUT2D eigenvalue weighted by Crippen LogP contribution is -2.53. The van der Waals surface area contributed by atoms with Crippen LogP contribution in [0.3, 0.4) is 0 Å². The number of aromatic nitrogens is 2. The van der Waals surface area contributed by atoms with Crippen LogP contribution in [0.5, 0.6) is 0 Å². The number of amides is 1. The number of benzene rings is 1. The average molecular weight is 338 g/mol. The third-order valence-corrected chi connectivity index (χ3v) is 4.85. The molecule has 1 fully saturated rings. The van der Waals surface area contributed by atoms with E-state index < -0.39 is 0 Å². The highest BCUT2D eigenvalue weighted by molar-refractivity contribution is 5.83. The summed E-state index contributed by atoms with van der Waals surface area (Å²) in [5.74, 6) is 0.228. The third-order valence-electron chi connectivity index (χ3n) is 4.85. The normalized spacial score (nSPS) is 19.3. The first-order valence-electron chi connectivity index (χ1n) is 8.98. The monoisotopic (exact) mass is 338 g/mol. The summed E-state index contributed by atoms with van der Waals surface area (Å²) in [4.78, 5) is 22.7. The number of nitrogens with one attached hydrogen (secondary N) is 1. The van der Waals surface area contributed by atoms with Crippen molar-refractivity contribution in [3.63, 3.8) is 0 Å². The highest BCUT2D eigenvalue weighted by Gasteiger charge is 2.30. The molecule has 25 heavy (non-hydrogen) atoms. The van der Waals surface area contributed by atoms with Crippen molar-refractivity contribution >= 4 is 5.91 Å². The fraction of sp³-hybridized carbons (Fsp3) is 0.450. The molecule has 1 N–H and O–H groups in total. The Morgan fingerprint density at radius 3 is 2.40 bits per heavy atom. The van der Waals surface area contributed by atoms with Gasteiger partial charge in [-0.25, -0.2) is 9.97 Å². The molecular formula is C20H26N4O. The van der Waals surface area contributed by atoms with Gasteiger partial charge in [-0.2, -0.15) is 0 Å². The van der Waals surface area contributed by atoms with Gasteiger partial charge in [0.1, 0.15) is 6.33 Å². The molecule has 2 aromatic rings. The first-order valence-corrected chi connectivity index (χ1v) is 8.98. The molecule has 1 saturated heterocycles. The van der Waals surface area contributed by atoms with Crippen molar-refractivity contribution in [2.75, 3.05) is 6.54 Å².